The average molecular weight is 556 g/mol. The van der Waals surface area contributed by atoms with Gasteiger partial charge >= 0.3 is 0 Å². The highest BCUT2D eigenvalue weighted by Crippen LogP contribution is 2.34. The molecule has 0 unspecified atom stereocenters. The molecule has 3 heterocycles. The Bertz CT molecular complexity index is 1700. The van der Waals surface area contributed by atoms with Crippen LogP contribution in [0.1, 0.15) is 10.4 Å². The number of amides is 1. The monoisotopic (exact) mass is 555 g/mol. The number of rotatable bonds is 5. The van der Waals surface area contributed by atoms with Crippen molar-refractivity contribution in [2.75, 3.05) is 16.4 Å². The lowest BCUT2D eigenvalue weighted by Crippen LogP contribution is -2.14. The Morgan fingerprint density at radius 3 is 2.44 bits per heavy atom. The highest BCUT2D eigenvalue weighted by Gasteiger charge is 2.24. The smallest absolute Gasteiger partial charge is 0.263 e. The number of benzene rings is 3. The third-order valence-electron chi connectivity index (χ3n) is 5.53. The van der Waals surface area contributed by atoms with Crippen LogP contribution < -0.4 is 16.4 Å². The number of para-hydroxylation sites is 2. The summed E-state index contributed by atoms with van der Waals surface area (Å²) in [4.78, 5) is 22.8. The Hall–Kier alpha value is -4.28. The van der Waals surface area contributed by atoms with E-state index in [0.29, 0.717) is 22.7 Å². The highest BCUT2D eigenvalue weighted by molar-refractivity contribution is 9.10. The standard InChI is InChI=1S/C26H18BrN7OS/c27-15-10-12-17(13-11-15)30-25(35)21-23(29-16-6-2-1-3-7-16)33-34-14-18(22(28)32-24(21)34)26-31-19-8-4-5-9-20(19)36-26/h1-14H,(H2,28,32)(H,29,33)(H,30,35). The lowest BCUT2D eigenvalue weighted by molar-refractivity contribution is 0.102. The Labute approximate surface area is 218 Å². The van der Waals surface area contributed by atoms with Crippen molar-refractivity contribution >= 4 is 72.0 Å². The zero-order valence-corrected chi connectivity index (χ0v) is 21.0. The van der Waals surface area contributed by atoms with Crippen molar-refractivity contribution < 1.29 is 4.79 Å². The Morgan fingerprint density at radius 1 is 0.917 bits per heavy atom. The fourth-order valence-electron chi connectivity index (χ4n) is 3.82. The number of anilines is 4. The van der Waals surface area contributed by atoms with E-state index < -0.39 is 0 Å². The molecule has 0 spiro atoms. The molecule has 0 saturated heterocycles. The molecule has 4 N–H and O–H groups in total. The lowest BCUT2D eigenvalue weighted by atomic mass is 10.2. The van der Waals surface area contributed by atoms with E-state index in [-0.39, 0.29) is 17.3 Å². The summed E-state index contributed by atoms with van der Waals surface area (Å²) < 4.78 is 3.53. The number of hydrogen-bond acceptors (Lipinski definition) is 7. The molecule has 0 radical (unpaired) electrons. The number of carbonyl (C=O) groups excluding carboxylic acids is 1. The van der Waals surface area contributed by atoms with Gasteiger partial charge < -0.3 is 16.4 Å². The molecular formula is C26H18BrN7OS. The number of nitrogens with two attached hydrogens (primary N) is 1. The van der Waals surface area contributed by atoms with Crippen molar-refractivity contribution in [3.05, 3.63) is 95.1 Å². The largest absolute Gasteiger partial charge is 0.383 e. The molecule has 0 atom stereocenters. The molecule has 0 aliphatic heterocycles. The van der Waals surface area contributed by atoms with E-state index >= 15 is 0 Å². The maximum absolute atomic E-state index is 13.5. The van der Waals surface area contributed by atoms with Gasteiger partial charge in [-0.1, -0.05) is 46.3 Å². The van der Waals surface area contributed by atoms with Crippen LogP contribution in [0.4, 0.5) is 23.0 Å². The second-order valence-electron chi connectivity index (χ2n) is 7.97. The summed E-state index contributed by atoms with van der Waals surface area (Å²) in [6, 6.07) is 24.7. The van der Waals surface area contributed by atoms with Crippen molar-refractivity contribution in [1.29, 1.82) is 0 Å². The molecule has 0 fully saturated rings. The second kappa shape index (κ2) is 9.06. The Kier molecular flexibility index (Phi) is 5.59. The average Bonchev–Trinajstić information content (AvgIpc) is 3.46. The molecule has 3 aromatic heterocycles. The topological polar surface area (TPSA) is 110 Å². The SMILES string of the molecule is Nc1nc2c(C(=O)Nc3ccc(Br)cc3)c(Nc3ccccc3)nn2cc1-c1nc2ccccc2s1. The Morgan fingerprint density at radius 2 is 1.67 bits per heavy atom. The van der Waals surface area contributed by atoms with Crippen LogP contribution in [-0.4, -0.2) is 25.5 Å². The number of aromatic nitrogens is 4. The number of halogens is 1. The fourth-order valence-corrected chi connectivity index (χ4v) is 5.07. The summed E-state index contributed by atoms with van der Waals surface area (Å²) in [5.74, 6) is 0.278. The van der Waals surface area contributed by atoms with E-state index in [2.05, 4.69) is 36.6 Å². The lowest BCUT2D eigenvalue weighted by Gasteiger charge is -2.08. The van der Waals surface area contributed by atoms with Crippen LogP contribution in [0.5, 0.6) is 0 Å². The van der Waals surface area contributed by atoms with Crippen LogP contribution in [-0.2, 0) is 0 Å². The fraction of sp³-hybridized carbons (Fsp3) is 0. The third-order valence-corrected chi connectivity index (χ3v) is 7.13. The van der Waals surface area contributed by atoms with Gasteiger partial charge in [-0.3, -0.25) is 4.79 Å². The molecule has 176 valence electrons. The van der Waals surface area contributed by atoms with Gasteiger partial charge in [0.1, 0.15) is 16.4 Å². The van der Waals surface area contributed by atoms with Crippen molar-refractivity contribution in [1.82, 2.24) is 19.6 Å². The van der Waals surface area contributed by atoms with E-state index in [0.717, 1.165) is 25.4 Å². The van der Waals surface area contributed by atoms with Gasteiger partial charge in [0.15, 0.2) is 11.5 Å². The number of thiazole rings is 1. The van der Waals surface area contributed by atoms with Crippen LogP contribution >= 0.6 is 27.3 Å². The molecule has 0 aliphatic carbocycles. The second-order valence-corrected chi connectivity index (χ2v) is 9.92. The third kappa shape index (κ3) is 4.16. The van der Waals surface area contributed by atoms with Gasteiger partial charge in [-0.05, 0) is 48.5 Å². The number of fused-ring (bicyclic) bond motifs is 2. The van der Waals surface area contributed by atoms with Gasteiger partial charge in [-0.25, -0.2) is 14.5 Å². The molecular weight excluding hydrogens is 538 g/mol. The van der Waals surface area contributed by atoms with Gasteiger partial charge in [0.05, 0.1) is 15.8 Å². The molecule has 1 amide bonds. The number of nitrogen functional groups attached to an aromatic ring is 1. The van der Waals surface area contributed by atoms with Crippen LogP contribution in [0.15, 0.2) is 89.5 Å². The van der Waals surface area contributed by atoms with Crippen molar-refractivity contribution in [3.63, 3.8) is 0 Å². The number of nitrogens with one attached hydrogen (secondary N) is 2. The molecule has 6 rings (SSSR count). The summed E-state index contributed by atoms with van der Waals surface area (Å²) in [5, 5.41) is 11.6. The van der Waals surface area contributed by atoms with E-state index in [9.17, 15) is 4.79 Å². The van der Waals surface area contributed by atoms with Crippen molar-refractivity contribution in [2.24, 2.45) is 0 Å². The molecule has 0 aliphatic rings. The quantitative estimate of drug-likeness (QED) is 0.228. The van der Waals surface area contributed by atoms with Crippen LogP contribution in [0, 0.1) is 0 Å². The van der Waals surface area contributed by atoms with Gasteiger partial charge in [0.25, 0.3) is 5.91 Å². The minimum absolute atomic E-state index is 0.269. The summed E-state index contributed by atoms with van der Waals surface area (Å²) in [5.41, 5.74) is 9.99. The minimum Gasteiger partial charge on any atom is -0.383 e. The van der Waals surface area contributed by atoms with E-state index in [1.54, 1.807) is 10.7 Å². The molecule has 36 heavy (non-hydrogen) atoms. The van der Waals surface area contributed by atoms with Crippen molar-refractivity contribution in [3.8, 4) is 10.6 Å². The number of hydrogen-bond donors (Lipinski definition) is 3. The molecule has 0 saturated carbocycles. The maximum atomic E-state index is 13.5. The maximum Gasteiger partial charge on any atom is 0.263 e. The first-order valence-corrected chi connectivity index (χ1v) is 12.6. The van der Waals surface area contributed by atoms with Gasteiger partial charge in [-0.15, -0.1) is 16.4 Å². The Balaban J connectivity index is 1.47. The number of carbonyl (C=O) groups is 1. The van der Waals surface area contributed by atoms with Gasteiger partial charge in [-0.2, -0.15) is 0 Å². The summed E-state index contributed by atoms with van der Waals surface area (Å²) in [6.45, 7) is 0. The van der Waals surface area contributed by atoms with Crippen molar-refractivity contribution in [2.45, 2.75) is 0 Å². The first kappa shape index (κ1) is 22.2. The van der Waals surface area contributed by atoms with Gasteiger partial charge in [0, 0.05) is 22.0 Å². The van der Waals surface area contributed by atoms with E-state index in [1.165, 1.54) is 11.3 Å². The van der Waals surface area contributed by atoms with Gasteiger partial charge in [0.2, 0.25) is 0 Å². The molecule has 8 nitrogen and oxygen atoms in total. The van der Waals surface area contributed by atoms with Crippen LogP contribution in [0.25, 0.3) is 26.4 Å². The van der Waals surface area contributed by atoms with Crippen LogP contribution in [0.2, 0.25) is 0 Å². The normalized spacial score (nSPS) is 11.1. The highest BCUT2D eigenvalue weighted by atomic mass is 79.9. The predicted molar refractivity (Wildman–Crippen MR) is 148 cm³/mol. The first-order valence-electron chi connectivity index (χ1n) is 11.0. The molecule has 6 aromatic rings. The molecule has 10 heteroatoms. The van der Waals surface area contributed by atoms with E-state index in [4.69, 9.17) is 10.7 Å². The molecule has 0 bridgehead atoms. The molecule has 3 aromatic carbocycles. The van der Waals surface area contributed by atoms with Crippen LogP contribution in [0.3, 0.4) is 0 Å². The summed E-state index contributed by atoms with van der Waals surface area (Å²) in [6.07, 6.45) is 1.77. The summed E-state index contributed by atoms with van der Waals surface area (Å²) >= 11 is 4.94. The summed E-state index contributed by atoms with van der Waals surface area (Å²) in [7, 11) is 0. The zero-order valence-electron chi connectivity index (χ0n) is 18.6. The predicted octanol–water partition coefficient (Wildman–Crippen LogP) is 6.35. The minimum atomic E-state index is -0.356. The zero-order chi connectivity index (χ0) is 24.6. The first-order chi connectivity index (χ1) is 17.5. The number of nitrogens with zero attached hydrogens (tertiary/aromatic N) is 4. The van der Waals surface area contributed by atoms with E-state index in [1.807, 2.05) is 78.9 Å².